The number of nitrogens with zero attached hydrogens (tertiary/aromatic N) is 1. The molecule has 0 radical (unpaired) electrons. The first-order valence-corrected chi connectivity index (χ1v) is 9.99. The number of piperidine rings is 1. The van der Waals surface area contributed by atoms with Gasteiger partial charge < -0.3 is 20.0 Å². The molecule has 0 spiro atoms. The Kier molecular flexibility index (Phi) is 6.88. The molecule has 7 heteroatoms. The maximum Gasteiger partial charge on any atom is 0.279 e. The predicted octanol–water partition coefficient (Wildman–Crippen LogP) is -0.926. The van der Waals surface area contributed by atoms with E-state index in [1.807, 2.05) is 23.1 Å². The molecule has 0 atom stereocenters. The number of hydrogen-bond donors (Lipinski definition) is 3. The number of likely N-dealkylation sites (tertiary alicyclic amines) is 1. The zero-order valence-corrected chi connectivity index (χ0v) is 16.0. The van der Waals surface area contributed by atoms with Gasteiger partial charge in [0.05, 0.1) is 10.7 Å². The first kappa shape index (κ1) is 19.1. The van der Waals surface area contributed by atoms with E-state index in [4.69, 9.17) is 11.6 Å². The van der Waals surface area contributed by atoms with Crippen LogP contribution in [0.2, 0.25) is 5.02 Å². The highest BCUT2D eigenvalue weighted by atomic mass is 35.5. The van der Waals surface area contributed by atoms with Crippen molar-refractivity contribution in [2.75, 3.05) is 57.7 Å². The molecule has 2 saturated heterocycles. The van der Waals surface area contributed by atoms with Crippen LogP contribution in [-0.2, 0) is 9.59 Å². The van der Waals surface area contributed by atoms with E-state index in [9.17, 15) is 9.59 Å². The summed E-state index contributed by atoms with van der Waals surface area (Å²) in [4.78, 5) is 29.3. The number of halogens is 1. The highest BCUT2D eigenvalue weighted by Crippen LogP contribution is 2.19. The summed E-state index contributed by atoms with van der Waals surface area (Å²) in [6, 6.07) is 7.28. The summed E-state index contributed by atoms with van der Waals surface area (Å²) in [5, 5.41) is 3.44. The Bertz CT molecular complexity index is 626. The molecule has 3 rings (SSSR count). The summed E-state index contributed by atoms with van der Waals surface area (Å²) in [5.74, 6) is 0.278. The number of para-hydroxylation sites is 1. The highest BCUT2D eigenvalue weighted by Gasteiger charge is 2.28. The number of benzene rings is 1. The molecule has 0 bridgehead atoms. The monoisotopic (exact) mass is 380 g/mol. The van der Waals surface area contributed by atoms with E-state index < -0.39 is 0 Å². The average molecular weight is 381 g/mol. The summed E-state index contributed by atoms with van der Waals surface area (Å²) in [6.07, 6.45) is 3.52. The highest BCUT2D eigenvalue weighted by molar-refractivity contribution is 6.33. The molecular formula is C19H29ClN4O2+2. The summed E-state index contributed by atoms with van der Waals surface area (Å²) in [5.41, 5.74) is 0.662. The molecule has 1 aromatic rings. The fourth-order valence-corrected chi connectivity index (χ4v) is 3.95. The topological polar surface area (TPSA) is 58.3 Å². The van der Waals surface area contributed by atoms with Crippen LogP contribution in [0.1, 0.15) is 19.3 Å². The van der Waals surface area contributed by atoms with Gasteiger partial charge in [-0.2, -0.15) is 0 Å². The lowest BCUT2D eigenvalue weighted by Gasteiger charge is -2.31. The molecule has 26 heavy (non-hydrogen) atoms. The van der Waals surface area contributed by atoms with Crippen LogP contribution in [0.25, 0.3) is 0 Å². The smallest absolute Gasteiger partial charge is 0.279 e. The van der Waals surface area contributed by atoms with E-state index in [2.05, 4.69) is 5.32 Å². The van der Waals surface area contributed by atoms with Gasteiger partial charge in [0.1, 0.15) is 26.2 Å². The number of piperazine rings is 1. The van der Waals surface area contributed by atoms with Gasteiger partial charge in [-0.15, -0.1) is 0 Å². The lowest BCUT2D eigenvalue weighted by Crippen LogP contribution is -3.28. The Labute approximate surface area is 160 Å². The van der Waals surface area contributed by atoms with Crippen molar-refractivity contribution in [1.29, 1.82) is 0 Å². The molecule has 2 fully saturated rings. The van der Waals surface area contributed by atoms with Crippen LogP contribution < -0.4 is 15.1 Å². The van der Waals surface area contributed by atoms with Gasteiger partial charge in [0.2, 0.25) is 0 Å². The molecule has 0 unspecified atom stereocenters. The second kappa shape index (κ2) is 9.35. The largest absolute Gasteiger partial charge is 0.338 e. The van der Waals surface area contributed by atoms with Gasteiger partial charge in [0.15, 0.2) is 13.1 Å². The molecule has 0 aliphatic carbocycles. The van der Waals surface area contributed by atoms with Crippen molar-refractivity contribution in [2.45, 2.75) is 19.3 Å². The third kappa shape index (κ3) is 5.43. The van der Waals surface area contributed by atoms with E-state index in [-0.39, 0.29) is 5.91 Å². The van der Waals surface area contributed by atoms with E-state index in [0.29, 0.717) is 29.7 Å². The molecule has 1 aromatic carbocycles. The summed E-state index contributed by atoms with van der Waals surface area (Å²) >= 11 is 6.08. The quantitative estimate of drug-likeness (QED) is 0.618. The van der Waals surface area contributed by atoms with Crippen molar-refractivity contribution in [3.05, 3.63) is 29.3 Å². The Morgan fingerprint density at radius 2 is 1.58 bits per heavy atom. The number of quaternary nitrogens is 2. The standard InChI is InChI=1S/C19H27ClN4O2/c20-16-6-2-3-7-17(16)21-18(25)14-22-10-12-23(13-11-22)15-19(26)24-8-4-1-5-9-24/h2-3,6-7H,1,4-5,8-15H2,(H,21,25)/p+2. The zero-order valence-electron chi connectivity index (χ0n) is 15.2. The summed E-state index contributed by atoms with van der Waals surface area (Å²) < 4.78 is 0. The van der Waals surface area contributed by atoms with Crippen LogP contribution in [0.4, 0.5) is 5.69 Å². The van der Waals surface area contributed by atoms with Gasteiger partial charge in [0.25, 0.3) is 11.8 Å². The molecule has 0 aromatic heterocycles. The van der Waals surface area contributed by atoms with Crippen LogP contribution in [0.15, 0.2) is 24.3 Å². The molecular weight excluding hydrogens is 352 g/mol. The van der Waals surface area contributed by atoms with E-state index in [1.54, 1.807) is 6.07 Å². The number of carbonyl (C=O) groups is 2. The van der Waals surface area contributed by atoms with Crippen LogP contribution in [0, 0.1) is 0 Å². The molecule has 6 nitrogen and oxygen atoms in total. The number of rotatable bonds is 5. The first-order valence-electron chi connectivity index (χ1n) is 9.61. The van der Waals surface area contributed by atoms with Gasteiger partial charge in [0, 0.05) is 13.1 Å². The number of anilines is 1. The minimum Gasteiger partial charge on any atom is -0.338 e. The third-order valence-electron chi connectivity index (χ3n) is 5.33. The average Bonchev–Trinajstić information content (AvgIpc) is 2.66. The molecule has 2 aliphatic rings. The van der Waals surface area contributed by atoms with Gasteiger partial charge in [-0.05, 0) is 31.4 Å². The zero-order chi connectivity index (χ0) is 18.4. The fourth-order valence-electron chi connectivity index (χ4n) is 3.76. The molecule has 2 heterocycles. The Hall–Kier alpha value is -1.63. The minimum atomic E-state index is -0.0130. The lowest BCUT2D eigenvalue weighted by molar-refractivity contribution is -1.00. The normalized spacial score (nSPS) is 23.5. The van der Waals surface area contributed by atoms with Gasteiger partial charge >= 0.3 is 0 Å². The second-order valence-corrected chi connectivity index (χ2v) is 7.73. The first-order chi connectivity index (χ1) is 12.6. The maximum atomic E-state index is 12.4. The maximum absolute atomic E-state index is 12.4. The number of carbonyl (C=O) groups excluding carboxylic acids is 2. The Morgan fingerprint density at radius 1 is 0.962 bits per heavy atom. The minimum absolute atomic E-state index is 0.0130. The number of nitrogens with one attached hydrogen (secondary N) is 3. The van der Waals surface area contributed by atoms with Crippen molar-refractivity contribution in [3.63, 3.8) is 0 Å². The van der Waals surface area contributed by atoms with Crippen LogP contribution in [-0.4, -0.2) is 69.1 Å². The van der Waals surface area contributed by atoms with Crippen molar-refractivity contribution in [1.82, 2.24) is 4.90 Å². The lowest BCUT2D eigenvalue weighted by atomic mass is 10.1. The number of hydrogen-bond acceptors (Lipinski definition) is 2. The van der Waals surface area contributed by atoms with E-state index in [0.717, 1.165) is 52.1 Å². The molecule has 2 amide bonds. The third-order valence-corrected chi connectivity index (χ3v) is 5.66. The molecule has 3 N–H and O–H groups in total. The van der Waals surface area contributed by atoms with Crippen LogP contribution >= 0.6 is 11.6 Å². The number of amides is 2. The molecule has 2 aliphatic heterocycles. The van der Waals surface area contributed by atoms with Crippen molar-refractivity contribution in [3.8, 4) is 0 Å². The van der Waals surface area contributed by atoms with Gasteiger partial charge in [-0.25, -0.2) is 0 Å². The van der Waals surface area contributed by atoms with Crippen molar-refractivity contribution < 1.29 is 19.4 Å². The summed E-state index contributed by atoms with van der Waals surface area (Å²) in [7, 11) is 0. The second-order valence-electron chi connectivity index (χ2n) is 7.32. The fraction of sp³-hybridized carbons (Fsp3) is 0.579. The summed E-state index contributed by atoms with van der Waals surface area (Å²) in [6.45, 7) is 6.59. The van der Waals surface area contributed by atoms with E-state index in [1.165, 1.54) is 16.2 Å². The van der Waals surface area contributed by atoms with Crippen molar-refractivity contribution in [2.24, 2.45) is 0 Å². The van der Waals surface area contributed by atoms with Crippen molar-refractivity contribution >= 4 is 29.1 Å². The van der Waals surface area contributed by atoms with Crippen LogP contribution in [0.5, 0.6) is 0 Å². The van der Waals surface area contributed by atoms with Gasteiger partial charge in [-0.1, -0.05) is 23.7 Å². The Balaban J connectivity index is 1.38. The Morgan fingerprint density at radius 3 is 2.23 bits per heavy atom. The van der Waals surface area contributed by atoms with Gasteiger partial charge in [-0.3, -0.25) is 9.59 Å². The van der Waals surface area contributed by atoms with Crippen LogP contribution in [0.3, 0.4) is 0 Å². The van der Waals surface area contributed by atoms with E-state index >= 15 is 0 Å². The SMILES string of the molecule is O=C(C[NH+]1CC[NH+](CC(=O)N2CCCCC2)CC1)Nc1ccccc1Cl. The predicted molar refractivity (Wildman–Crippen MR) is 102 cm³/mol. The molecule has 0 saturated carbocycles. The molecule has 142 valence electrons.